The Balaban J connectivity index is 1.99. The number of benzene rings is 2. The molecule has 104 valence electrons. The number of aryl methyl sites for hydroxylation is 2. The van der Waals surface area contributed by atoms with Gasteiger partial charge in [0.2, 0.25) is 0 Å². The van der Waals surface area contributed by atoms with Crippen LogP contribution in [0.2, 0.25) is 0 Å². The second-order valence-electron chi connectivity index (χ2n) is 5.00. The average molecular weight is 268 g/mol. The number of esters is 1. The van der Waals surface area contributed by atoms with E-state index in [-0.39, 0.29) is 5.97 Å². The molecule has 2 aromatic carbocycles. The highest BCUT2D eigenvalue weighted by Crippen LogP contribution is 2.16. The van der Waals surface area contributed by atoms with Crippen molar-refractivity contribution in [2.45, 2.75) is 33.1 Å². The third-order valence-electron chi connectivity index (χ3n) is 3.24. The van der Waals surface area contributed by atoms with E-state index in [2.05, 4.69) is 6.92 Å². The van der Waals surface area contributed by atoms with Crippen LogP contribution in [0.1, 0.15) is 41.3 Å². The normalized spacial score (nSPS) is 10.3. The number of ether oxygens (including phenoxy) is 1. The van der Waals surface area contributed by atoms with Gasteiger partial charge in [0, 0.05) is 0 Å². The van der Waals surface area contributed by atoms with Gasteiger partial charge in [-0.1, -0.05) is 43.2 Å². The Morgan fingerprint density at radius 3 is 2.25 bits per heavy atom. The number of hydrogen-bond acceptors (Lipinski definition) is 2. The highest BCUT2D eigenvalue weighted by Gasteiger charge is 2.07. The van der Waals surface area contributed by atoms with Crippen molar-refractivity contribution >= 4 is 5.97 Å². The van der Waals surface area contributed by atoms with Gasteiger partial charge in [-0.2, -0.15) is 0 Å². The summed E-state index contributed by atoms with van der Waals surface area (Å²) in [5.74, 6) is 0.280. The Morgan fingerprint density at radius 2 is 1.65 bits per heavy atom. The Bertz CT molecular complexity index is 553. The van der Waals surface area contributed by atoms with Gasteiger partial charge in [-0.05, 0) is 49.6 Å². The lowest BCUT2D eigenvalue weighted by Crippen LogP contribution is -2.08. The predicted octanol–water partition coefficient (Wildman–Crippen LogP) is 4.56. The second kappa shape index (κ2) is 6.90. The van der Waals surface area contributed by atoms with Crippen LogP contribution in [0.15, 0.2) is 48.5 Å². The molecule has 2 nitrogen and oxygen atoms in total. The zero-order chi connectivity index (χ0) is 14.4. The van der Waals surface area contributed by atoms with E-state index in [0.717, 1.165) is 12.0 Å². The van der Waals surface area contributed by atoms with E-state index in [9.17, 15) is 4.79 Å². The molecule has 0 amide bonds. The lowest BCUT2D eigenvalue weighted by molar-refractivity contribution is 0.0734. The molecule has 0 spiro atoms. The number of carbonyl (C=O) groups excluding carboxylic acids is 1. The van der Waals surface area contributed by atoms with E-state index in [0.29, 0.717) is 11.3 Å². The van der Waals surface area contributed by atoms with Crippen molar-refractivity contribution in [3.8, 4) is 5.75 Å². The summed E-state index contributed by atoms with van der Waals surface area (Å²) < 4.78 is 5.36. The van der Waals surface area contributed by atoms with E-state index in [1.54, 1.807) is 12.1 Å². The molecule has 0 heterocycles. The van der Waals surface area contributed by atoms with Crippen molar-refractivity contribution in [3.05, 3.63) is 65.2 Å². The number of carbonyl (C=O) groups is 1. The molecule has 0 saturated carbocycles. The van der Waals surface area contributed by atoms with Crippen molar-refractivity contribution < 1.29 is 9.53 Å². The van der Waals surface area contributed by atoms with Crippen LogP contribution in [0.4, 0.5) is 0 Å². The summed E-state index contributed by atoms with van der Waals surface area (Å²) in [7, 11) is 0. The average Bonchev–Trinajstić information content (AvgIpc) is 2.47. The van der Waals surface area contributed by atoms with Crippen molar-refractivity contribution in [2.24, 2.45) is 0 Å². The van der Waals surface area contributed by atoms with Crippen molar-refractivity contribution in [1.82, 2.24) is 0 Å². The molecule has 0 radical (unpaired) electrons. The molecule has 0 unspecified atom stereocenters. The molecule has 0 N–H and O–H groups in total. The summed E-state index contributed by atoms with van der Waals surface area (Å²) >= 11 is 0. The smallest absolute Gasteiger partial charge is 0.343 e. The fraction of sp³-hybridized carbons (Fsp3) is 0.278. The molecule has 0 aliphatic carbocycles. The van der Waals surface area contributed by atoms with Crippen molar-refractivity contribution in [1.29, 1.82) is 0 Å². The minimum absolute atomic E-state index is 0.314. The maximum Gasteiger partial charge on any atom is 0.343 e. The molecule has 2 rings (SSSR count). The van der Waals surface area contributed by atoms with Gasteiger partial charge in [0.05, 0.1) is 5.56 Å². The van der Waals surface area contributed by atoms with Gasteiger partial charge in [-0.15, -0.1) is 0 Å². The second-order valence-corrected chi connectivity index (χ2v) is 5.00. The molecule has 0 atom stereocenters. The van der Waals surface area contributed by atoms with Crippen LogP contribution >= 0.6 is 0 Å². The SMILES string of the molecule is CCCCc1ccc(OC(=O)c2ccc(C)cc2)cc1. The molecule has 2 aromatic rings. The zero-order valence-electron chi connectivity index (χ0n) is 12.1. The Morgan fingerprint density at radius 1 is 1.00 bits per heavy atom. The van der Waals surface area contributed by atoms with E-state index < -0.39 is 0 Å². The maximum atomic E-state index is 12.0. The highest BCUT2D eigenvalue weighted by molar-refractivity contribution is 5.91. The van der Waals surface area contributed by atoms with Crippen molar-refractivity contribution in [3.63, 3.8) is 0 Å². The fourth-order valence-corrected chi connectivity index (χ4v) is 1.96. The van der Waals surface area contributed by atoms with Gasteiger partial charge in [-0.3, -0.25) is 0 Å². The van der Waals surface area contributed by atoms with Crippen LogP contribution < -0.4 is 4.74 Å². The number of hydrogen-bond donors (Lipinski definition) is 0. The number of rotatable bonds is 5. The molecule has 0 aliphatic rings. The maximum absolute atomic E-state index is 12.0. The van der Waals surface area contributed by atoms with Gasteiger partial charge in [0.25, 0.3) is 0 Å². The van der Waals surface area contributed by atoms with Crippen LogP contribution in [0.5, 0.6) is 5.75 Å². The van der Waals surface area contributed by atoms with Gasteiger partial charge < -0.3 is 4.74 Å². The molecule has 0 saturated heterocycles. The summed E-state index contributed by atoms with van der Waals surface area (Å²) in [6, 6.07) is 15.1. The standard InChI is InChI=1S/C18H20O2/c1-3-4-5-15-8-12-17(13-9-15)20-18(19)16-10-6-14(2)7-11-16/h6-13H,3-5H2,1-2H3. The lowest BCUT2D eigenvalue weighted by atomic mass is 10.1. The van der Waals surface area contributed by atoms with Gasteiger partial charge in [0.15, 0.2) is 0 Å². The molecule has 0 bridgehead atoms. The first-order valence-corrected chi connectivity index (χ1v) is 7.07. The Labute approximate surface area is 120 Å². The van der Waals surface area contributed by atoms with Crippen LogP contribution in [-0.4, -0.2) is 5.97 Å². The van der Waals surface area contributed by atoms with Gasteiger partial charge in [-0.25, -0.2) is 4.79 Å². The Kier molecular flexibility index (Phi) is 4.94. The summed E-state index contributed by atoms with van der Waals surface area (Å²) in [6.07, 6.45) is 3.44. The molecule has 20 heavy (non-hydrogen) atoms. The molecular formula is C18H20O2. The third kappa shape index (κ3) is 3.95. The van der Waals surface area contributed by atoms with Crippen LogP contribution in [0, 0.1) is 6.92 Å². The first kappa shape index (κ1) is 14.3. The minimum Gasteiger partial charge on any atom is -0.423 e. The first-order chi connectivity index (χ1) is 9.69. The fourth-order valence-electron chi connectivity index (χ4n) is 1.96. The summed E-state index contributed by atoms with van der Waals surface area (Å²) in [5, 5.41) is 0. The summed E-state index contributed by atoms with van der Waals surface area (Å²) in [6.45, 7) is 4.17. The third-order valence-corrected chi connectivity index (χ3v) is 3.24. The van der Waals surface area contributed by atoms with Gasteiger partial charge >= 0.3 is 5.97 Å². The largest absolute Gasteiger partial charge is 0.423 e. The molecule has 0 fully saturated rings. The highest BCUT2D eigenvalue weighted by atomic mass is 16.5. The molecule has 0 aliphatic heterocycles. The van der Waals surface area contributed by atoms with Gasteiger partial charge in [0.1, 0.15) is 5.75 Å². The topological polar surface area (TPSA) is 26.3 Å². The van der Waals surface area contributed by atoms with Crippen molar-refractivity contribution in [2.75, 3.05) is 0 Å². The van der Waals surface area contributed by atoms with Crippen LogP contribution in [0.3, 0.4) is 0 Å². The first-order valence-electron chi connectivity index (χ1n) is 7.07. The Hall–Kier alpha value is -2.09. The lowest BCUT2D eigenvalue weighted by Gasteiger charge is -2.06. The van der Waals surface area contributed by atoms with E-state index >= 15 is 0 Å². The monoisotopic (exact) mass is 268 g/mol. The summed E-state index contributed by atoms with van der Waals surface area (Å²) in [4.78, 5) is 12.0. The summed E-state index contributed by atoms with van der Waals surface area (Å²) in [5.41, 5.74) is 2.98. The minimum atomic E-state index is -0.314. The predicted molar refractivity (Wildman–Crippen MR) is 81.2 cm³/mol. The molecule has 2 heteroatoms. The van der Waals surface area contributed by atoms with E-state index in [4.69, 9.17) is 4.74 Å². The van der Waals surface area contributed by atoms with Crippen LogP contribution in [-0.2, 0) is 6.42 Å². The quantitative estimate of drug-likeness (QED) is 0.587. The van der Waals surface area contributed by atoms with E-state index in [1.807, 2.05) is 43.3 Å². The molecular weight excluding hydrogens is 248 g/mol. The van der Waals surface area contributed by atoms with Crippen LogP contribution in [0.25, 0.3) is 0 Å². The number of unbranched alkanes of at least 4 members (excludes halogenated alkanes) is 1. The zero-order valence-corrected chi connectivity index (χ0v) is 12.1. The van der Waals surface area contributed by atoms with E-state index in [1.165, 1.54) is 18.4 Å². The molecule has 0 aromatic heterocycles.